The van der Waals surface area contributed by atoms with Crippen LogP contribution in [-0.4, -0.2) is 51.3 Å². The molecular formula is C23H26N6O. The van der Waals surface area contributed by atoms with E-state index in [9.17, 15) is 0 Å². The van der Waals surface area contributed by atoms with Crippen molar-refractivity contribution < 1.29 is 4.74 Å². The molecule has 4 aromatic rings. The fraction of sp³-hybridized carbons (Fsp3) is 0.304. The summed E-state index contributed by atoms with van der Waals surface area (Å²) in [4.78, 5) is 10.3. The molecule has 0 saturated carbocycles. The second-order valence-corrected chi connectivity index (χ2v) is 7.80. The van der Waals surface area contributed by atoms with Gasteiger partial charge in [0.1, 0.15) is 11.4 Å². The van der Waals surface area contributed by atoms with Crippen molar-refractivity contribution in [2.75, 3.05) is 25.5 Å². The Labute approximate surface area is 175 Å². The Morgan fingerprint density at radius 1 is 1.20 bits per heavy atom. The molecule has 1 aromatic carbocycles. The smallest absolute Gasteiger partial charge is 0.139 e. The van der Waals surface area contributed by atoms with Gasteiger partial charge in [-0.15, -0.1) is 0 Å². The molecule has 7 heteroatoms. The van der Waals surface area contributed by atoms with Gasteiger partial charge < -0.3 is 15.0 Å². The van der Waals surface area contributed by atoms with Gasteiger partial charge in [-0.05, 0) is 42.7 Å². The number of H-pyrrole nitrogens is 2. The summed E-state index contributed by atoms with van der Waals surface area (Å²) >= 11 is 0. The molecule has 0 atom stereocenters. The van der Waals surface area contributed by atoms with Gasteiger partial charge in [-0.25, -0.2) is 4.98 Å². The number of aromatic amines is 2. The van der Waals surface area contributed by atoms with E-state index in [1.165, 1.54) is 5.56 Å². The molecule has 1 aliphatic heterocycles. The number of nitrogens with zero attached hydrogens (tertiary/aromatic N) is 3. The average Bonchev–Trinajstić information content (AvgIpc) is 3.48. The molecular weight excluding hydrogens is 376 g/mol. The minimum Gasteiger partial charge on any atom is -0.497 e. The normalized spacial score (nSPS) is 15.5. The molecule has 0 unspecified atom stereocenters. The molecule has 1 fully saturated rings. The third-order valence-corrected chi connectivity index (χ3v) is 5.85. The van der Waals surface area contributed by atoms with Crippen molar-refractivity contribution in [1.29, 1.82) is 0 Å². The number of methoxy groups -OCH3 is 1. The number of anilines is 1. The number of ether oxygens (including phenoxy) is 1. The molecule has 0 aliphatic carbocycles. The summed E-state index contributed by atoms with van der Waals surface area (Å²) in [6.45, 7) is 3.09. The second kappa shape index (κ2) is 8.20. The lowest BCUT2D eigenvalue weighted by Crippen LogP contribution is -2.38. The van der Waals surface area contributed by atoms with Gasteiger partial charge in [0.05, 0.1) is 18.5 Å². The van der Waals surface area contributed by atoms with Gasteiger partial charge in [0, 0.05) is 55.2 Å². The number of hydrogen-bond acceptors (Lipinski definition) is 5. The molecule has 30 heavy (non-hydrogen) atoms. The molecule has 0 radical (unpaired) electrons. The maximum Gasteiger partial charge on any atom is 0.139 e. The number of fused-ring (bicyclic) bond motifs is 1. The summed E-state index contributed by atoms with van der Waals surface area (Å²) in [5.74, 6) is 0.920. The van der Waals surface area contributed by atoms with Crippen molar-refractivity contribution in [3.8, 4) is 17.0 Å². The Morgan fingerprint density at radius 3 is 2.90 bits per heavy atom. The monoisotopic (exact) mass is 402 g/mol. The summed E-state index contributed by atoms with van der Waals surface area (Å²) in [7, 11) is 1.72. The van der Waals surface area contributed by atoms with Crippen molar-refractivity contribution >= 4 is 16.7 Å². The molecule has 1 saturated heterocycles. The summed E-state index contributed by atoms with van der Waals surface area (Å²) in [5, 5.41) is 12.1. The van der Waals surface area contributed by atoms with Gasteiger partial charge in [0.2, 0.25) is 0 Å². The molecule has 154 valence electrons. The van der Waals surface area contributed by atoms with Crippen LogP contribution < -0.4 is 10.1 Å². The quantitative estimate of drug-likeness (QED) is 0.453. The van der Waals surface area contributed by atoms with Crippen molar-refractivity contribution in [3.63, 3.8) is 0 Å². The Hall–Kier alpha value is -3.32. The molecule has 5 rings (SSSR count). The first kappa shape index (κ1) is 18.7. The number of hydrogen-bond donors (Lipinski definition) is 3. The minimum absolute atomic E-state index is 0.425. The number of likely N-dealkylation sites (tertiary alicyclic amines) is 1. The Bertz CT molecular complexity index is 1110. The van der Waals surface area contributed by atoms with E-state index in [-0.39, 0.29) is 0 Å². The highest BCUT2D eigenvalue weighted by molar-refractivity contribution is 5.97. The molecule has 0 bridgehead atoms. The lowest BCUT2D eigenvalue weighted by molar-refractivity contribution is 0.211. The Balaban J connectivity index is 1.29. The van der Waals surface area contributed by atoms with E-state index >= 15 is 0 Å². The van der Waals surface area contributed by atoms with Crippen LogP contribution in [0.2, 0.25) is 0 Å². The number of aromatic nitrogens is 4. The highest BCUT2D eigenvalue weighted by atomic mass is 16.5. The average molecular weight is 403 g/mol. The third kappa shape index (κ3) is 3.76. The lowest BCUT2D eigenvalue weighted by Gasteiger charge is -2.33. The predicted molar refractivity (Wildman–Crippen MR) is 119 cm³/mol. The van der Waals surface area contributed by atoms with Crippen molar-refractivity contribution in [2.45, 2.75) is 25.4 Å². The van der Waals surface area contributed by atoms with Crippen LogP contribution in [0.4, 0.5) is 5.69 Å². The molecule has 1 aliphatic rings. The SMILES string of the molecule is COc1cccc(CN2CCC(Nc3c(-c4ccn[nH]4)cnc4[nH]ccc34)CC2)c1. The van der Waals surface area contributed by atoms with E-state index < -0.39 is 0 Å². The first-order valence-corrected chi connectivity index (χ1v) is 10.4. The van der Waals surface area contributed by atoms with Crippen LogP contribution >= 0.6 is 0 Å². The largest absolute Gasteiger partial charge is 0.497 e. The molecule has 7 nitrogen and oxygen atoms in total. The Morgan fingerprint density at radius 2 is 2.10 bits per heavy atom. The molecule has 4 heterocycles. The van der Waals surface area contributed by atoms with Crippen LogP contribution in [0, 0.1) is 0 Å². The van der Waals surface area contributed by atoms with Crippen LogP contribution in [0.1, 0.15) is 18.4 Å². The van der Waals surface area contributed by atoms with E-state index in [0.29, 0.717) is 6.04 Å². The zero-order valence-electron chi connectivity index (χ0n) is 17.1. The van der Waals surface area contributed by atoms with E-state index in [0.717, 1.165) is 66.2 Å². The van der Waals surface area contributed by atoms with Crippen LogP contribution in [0.15, 0.2) is 55.0 Å². The first-order chi connectivity index (χ1) is 14.8. The lowest BCUT2D eigenvalue weighted by atomic mass is 10.0. The fourth-order valence-corrected chi connectivity index (χ4v) is 4.24. The molecule has 3 N–H and O–H groups in total. The van der Waals surface area contributed by atoms with E-state index in [4.69, 9.17) is 4.74 Å². The zero-order valence-corrected chi connectivity index (χ0v) is 17.1. The summed E-state index contributed by atoms with van der Waals surface area (Å²) in [6.07, 6.45) is 7.82. The highest BCUT2D eigenvalue weighted by Gasteiger charge is 2.22. The van der Waals surface area contributed by atoms with Gasteiger partial charge in [-0.2, -0.15) is 5.10 Å². The zero-order chi connectivity index (χ0) is 20.3. The predicted octanol–water partition coefficient (Wildman–Crippen LogP) is 4.04. The maximum atomic E-state index is 5.35. The third-order valence-electron chi connectivity index (χ3n) is 5.85. The number of benzene rings is 1. The molecule has 0 spiro atoms. The number of piperidine rings is 1. The van der Waals surface area contributed by atoms with Crippen LogP contribution in [-0.2, 0) is 6.54 Å². The van der Waals surface area contributed by atoms with Gasteiger partial charge in [-0.3, -0.25) is 10.00 Å². The standard InChI is InChI=1S/C23H26N6O/c1-30-18-4-2-3-16(13-18)15-29-11-7-17(8-12-29)27-22-19-5-9-24-23(19)25-14-20(22)21-6-10-26-28-21/h2-6,9-10,13-14,17H,7-8,11-12,15H2,1H3,(H,26,28)(H2,24,25,27). The van der Waals surface area contributed by atoms with Gasteiger partial charge in [0.15, 0.2) is 0 Å². The van der Waals surface area contributed by atoms with Gasteiger partial charge in [0.25, 0.3) is 0 Å². The second-order valence-electron chi connectivity index (χ2n) is 7.80. The van der Waals surface area contributed by atoms with E-state index in [1.807, 2.05) is 24.5 Å². The van der Waals surface area contributed by atoms with Crippen molar-refractivity contribution in [1.82, 2.24) is 25.1 Å². The first-order valence-electron chi connectivity index (χ1n) is 10.4. The van der Waals surface area contributed by atoms with E-state index in [1.54, 1.807) is 13.3 Å². The highest BCUT2D eigenvalue weighted by Crippen LogP contribution is 2.33. The van der Waals surface area contributed by atoms with Crippen LogP contribution in [0.5, 0.6) is 5.75 Å². The Kier molecular flexibility index (Phi) is 5.11. The molecule has 3 aromatic heterocycles. The summed E-state index contributed by atoms with van der Waals surface area (Å²) in [6, 6.07) is 12.8. The summed E-state index contributed by atoms with van der Waals surface area (Å²) < 4.78 is 5.35. The van der Waals surface area contributed by atoms with Crippen molar-refractivity contribution in [3.05, 3.63) is 60.6 Å². The van der Waals surface area contributed by atoms with Gasteiger partial charge in [-0.1, -0.05) is 12.1 Å². The minimum atomic E-state index is 0.425. The summed E-state index contributed by atoms with van der Waals surface area (Å²) in [5.41, 5.74) is 5.35. The number of rotatable bonds is 6. The molecule has 0 amide bonds. The van der Waals surface area contributed by atoms with Crippen LogP contribution in [0.3, 0.4) is 0 Å². The number of pyridine rings is 1. The van der Waals surface area contributed by atoms with E-state index in [2.05, 4.69) is 54.6 Å². The van der Waals surface area contributed by atoms with Gasteiger partial charge >= 0.3 is 0 Å². The maximum absolute atomic E-state index is 5.35. The van der Waals surface area contributed by atoms with Crippen molar-refractivity contribution in [2.24, 2.45) is 0 Å². The topological polar surface area (TPSA) is 81.9 Å². The number of nitrogens with one attached hydrogen (secondary N) is 3. The van der Waals surface area contributed by atoms with Crippen LogP contribution in [0.25, 0.3) is 22.3 Å². The fourth-order valence-electron chi connectivity index (χ4n) is 4.24.